The van der Waals surface area contributed by atoms with Gasteiger partial charge >= 0.3 is 5.69 Å². The zero-order chi connectivity index (χ0) is 23.8. The predicted molar refractivity (Wildman–Crippen MR) is 131 cm³/mol. The smallest absolute Gasteiger partial charge is 0.332 e. The number of aliphatic hydroxyl groups is 1. The maximum atomic E-state index is 13.3. The first-order valence-corrected chi connectivity index (χ1v) is 11.2. The lowest BCUT2D eigenvalue weighted by atomic mass is 10.1. The van der Waals surface area contributed by atoms with E-state index in [-0.39, 0.29) is 18.7 Å². The second kappa shape index (κ2) is 11.4. The Balaban J connectivity index is 2.05. The summed E-state index contributed by atoms with van der Waals surface area (Å²) in [6.45, 7) is 3.82. The van der Waals surface area contributed by atoms with Crippen molar-refractivity contribution in [1.29, 1.82) is 0 Å². The van der Waals surface area contributed by atoms with Gasteiger partial charge in [0.15, 0.2) is 5.90 Å². The van der Waals surface area contributed by atoms with Crippen LogP contribution in [0, 0.1) is 0 Å². The largest absolute Gasteiger partial charge is 0.443 e. The highest BCUT2D eigenvalue weighted by Crippen LogP contribution is 2.21. The van der Waals surface area contributed by atoms with Gasteiger partial charge < -0.3 is 9.84 Å². The summed E-state index contributed by atoms with van der Waals surface area (Å²) in [6.07, 6.45) is 2.19. The number of aliphatic hydroxyl groups excluding tert-OH is 1. The van der Waals surface area contributed by atoms with E-state index < -0.39 is 5.69 Å². The van der Waals surface area contributed by atoms with E-state index in [1.807, 2.05) is 61.5 Å². The van der Waals surface area contributed by atoms with Crippen LogP contribution in [0.5, 0.6) is 5.75 Å². The van der Waals surface area contributed by atoms with Crippen molar-refractivity contribution in [1.82, 2.24) is 9.13 Å². The van der Waals surface area contributed by atoms with Gasteiger partial charge in [-0.05, 0) is 42.9 Å². The van der Waals surface area contributed by atoms with Crippen molar-refractivity contribution in [3.8, 4) is 5.75 Å². The van der Waals surface area contributed by atoms with Crippen LogP contribution in [0.1, 0.15) is 37.0 Å². The lowest BCUT2D eigenvalue weighted by molar-refractivity contribution is 0.277. The van der Waals surface area contributed by atoms with Gasteiger partial charge in [0.1, 0.15) is 11.6 Å². The highest BCUT2D eigenvalue weighted by Gasteiger charge is 2.18. The number of para-hydroxylation sites is 1. The highest BCUT2D eigenvalue weighted by atomic mass is 16.5. The van der Waals surface area contributed by atoms with Gasteiger partial charge in [0.2, 0.25) is 0 Å². The number of hydrogen-bond acceptors (Lipinski definition) is 5. The number of ether oxygens (including phenoxy) is 1. The van der Waals surface area contributed by atoms with Crippen molar-refractivity contribution in [3.05, 3.63) is 92.1 Å². The van der Waals surface area contributed by atoms with Gasteiger partial charge in [-0.3, -0.25) is 13.9 Å². The Morgan fingerprint density at radius 2 is 1.73 bits per heavy atom. The third kappa shape index (κ3) is 5.87. The maximum Gasteiger partial charge on any atom is 0.332 e. The number of hydrogen-bond donors (Lipinski definition) is 1. The van der Waals surface area contributed by atoms with Crippen molar-refractivity contribution in [2.24, 2.45) is 12.0 Å². The first-order chi connectivity index (χ1) is 16.0. The van der Waals surface area contributed by atoms with Gasteiger partial charge in [-0.15, -0.1) is 0 Å². The third-order valence-electron chi connectivity index (χ3n) is 5.53. The lowest BCUT2D eigenvalue weighted by Crippen LogP contribution is -2.41. The van der Waals surface area contributed by atoms with Crippen LogP contribution in [0.4, 0.5) is 5.82 Å². The molecule has 1 N–H and O–H groups in total. The van der Waals surface area contributed by atoms with E-state index in [2.05, 4.69) is 4.99 Å². The number of nitrogens with zero attached hydrogens (tertiary/aromatic N) is 3. The average molecular weight is 450 g/mol. The molecule has 0 bridgehead atoms. The number of aryl methyl sites for hydroxylation is 2. The summed E-state index contributed by atoms with van der Waals surface area (Å²) in [5.74, 6) is 1.35. The second-order valence-electron chi connectivity index (χ2n) is 7.86. The van der Waals surface area contributed by atoms with Crippen LogP contribution < -0.4 is 16.0 Å². The van der Waals surface area contributed by atoms with Gasteiger partial charge in [-0.2, -0.15) is 4.99 Å². The Hall–Kier alpha value is -3.45. The van der Waals surface area contributed by atoms with Gasteiger partial charge in [0.05, 0.1) is 5.56 Å². The number of aliphatic imine (C=N–C) groups is 1. The van der Waals surface area contributed by atoms with E-state index in [1.54, 1.807) is 14.0 Å². The summed E-state index contributed by atoms with van der Waals surface area (Å²) in [5.41, 5.74) is 1.75. The van der Waals surface area contributed by atoms with Crippen LogP contribution in [0.25, 0.3) is 0 Å². The summed E-state index contributed by atoms with van der Waals surface area (Å²) >= 11 is 0. The van der Waals surface area contributed by atoms with Gasteiger partial charge in [-0.25, -0.2) is 4.79 Å². The lowest BCUT2D eigenvalue weighted by Gasteiger charge is -2.15. The van der Waals surface area contributed by atoms with E-state index in [0.29, 0.717) is 42.3 Å². The molecular formula is C26H31N3O4. The fourth-order valence-electron chi connectivity index (χ4n) is 3.75. The van der Waals surface area contributed by atoms with Gasteiger partial charge in [0, 0.05) is 27.1 Å². The molecule has 0 amide bonds. The van der Waals surface area contributed by atoms with E-state index in [4.69, 9.17) is 4.74 Å². The van der Waals surface area contributed by atoms with E-state index in [1.165, 1.54) is 9.13 Å². The molecule has 0 saturated carbocycles. The molecule has 0 fully saturated rings. The van der Waals surface area contributed by atoms with Crippen LogP contribution in [0.3, 0.4) is 0 Å². The molecule has 0 aliphatic rings. The van der Waals surface area contributed by atoms with Crippen LogP contribution in [0.2, 0.25) is 0 Å². The first-order valence-electron chi connectivity index (χ1n) is 11.2. The monoisotopic (exact) mass is 449 g/mol. The summed E-state index contributed by atoms with van der Waals surface area (Å²) in [6, 6.07) is 17.6. The molecule has 7 heteroatoms. The normalized spacial score (nSPS) is 11.6. The zero-order valence-corrected chi connectivity index (χ0v) is 19.5. The number of aromatic nitrogens is 2. The van der Waals surface area contributed by atoms with Crippen molar-refractivity contribution in [2.45, 2.75) is 46.1 Å². The van der Waals surface area contributed by atoms with Crippen molar-refractivity contribution >= 4 is 11.7 Å². The molecule has 1 aromatic heterocycles. The second-order valence-corrected chi connectivity index (χ2v) is 7.86. The number of rotatable bonds is 9. The predicted octanol–water partition coefficient (Wildman–Crippen LogP) is 3.41. The molecule has 2 aromatic carbocycles. The van der Waals surface area contributed by atoms with Crippen LogP contribution in [0.15, 0.2) is 69.2 Å². The van der Waals surface area contributed by atoms with Crippen LogP contribution >= 0.6 is 0 Å². The third-order valence-corrected chi connectivity index (χ3v) is 5.53. The molecule has 0 aliphatic heterocycles. The van der Waals surface area contributed by atoms with Crippen molar-refractivity contribution in [2.75, 3.05) is 6.61 Å². The quantitative estimate of drug-likeness (QED) is 0.401. The van der Waals surface area contributed by atoms with Crippen molar-refractivity contribution in [3.63, 3.8) is 0 Å². The number of benzene rings is 2. The molecule has 0 atom stereocenters. The standard InChI is InChI=1S/C26H31N3O4/c1-4-21-13-8-9-14-23(21)33-19(2)27-24-22(16-15-20-11-6-5-7-12-20)25(31)29(17-10-18-30)26(32)28(24)3/h5-9,11-14,30H,4,10,15-18H2,1-3H3. The maximum absolute atomic E-state index is 13.3. The molecule has 0 saturated heterocycles. The molecule has 0 aliphatic carbocycles. The van der Waals surface area contributed by atoms with E-state index >= 15 is 0 Å². The molecule has 0 unspecified atom stereocenters. The Morgan fingerprint density at radius 3 is 2.42 bits per heavy atom. The molecule has 1 heterocycles. The van der Waals surface area contributed by atoms with E-state index in [0.717, 1.165) is 17.5 Å². The Kier molecular flexibility index (Phi) is 8.38. The van der Waals surface area contributed by atoms with Gasteiger partial charge in [-0.1, -0.05) is 55.5 Å². The molecule has 0 spiro atoms. The molecule has 174 valence electrons. The molecule has 7 nitrogen and oxygen atoms in total. The minimum absolute atomic E-state index is 0.0986. The summed E-state index contributed by atoms with van der Waals surface area (Å²) in [5, 5.41) is 9.19. The minimum atomic E-state index is -0.461. The van der Waals surface area contributed by atoms with E-state index in [9.17, 15) is 14.7 Å². The summed E-state index contributed by atoms with van der Waals surface area (Å²) in [4.78, 5) is 30.8. The summed E-state index contributed by atoms with van der Waals surface area (Å²) in [7, 11) is 1.61. The van der Waals surface area contributed by atoms with Gasteiger partial charge in [0.25, 0.3) is 5.56 Å². The Morgan fingerprint density at radius 1 is 1.03 bits per heavy atom. The highest BCUT2D eigenvalue weighted by molar-refractivity contribution is 5.79. The average Bonchev–Trinajstić information content (AvgIpc) is 2.83. The topological polar surface area (TPSA) is 85.8 Å². The van der Waals surface area contributed by atoms with Crippen molar-refractivity contribution < 1.29 is 9.84 Å². The van der Waals surface area contributed by atoms with Crippen LogP contribution in [-0.4, -0.2) is 26.7 Å². The fourth-order valence-corrected chi connectivity index (χ4v) is 3.75. The molecule has 33 heavy (non-hydrogen) atoms. The summed E-state index contributed by atoms with van der Waals surface area (Å²) < 4.78 is 8.55. The van der Waals surface area contributed by atoms with Crippen LogP contribution in [-0.2, 0) is 32.9 Å². The zero-order valence-electron chi connectivity index (χ0n) is 19.5. The SMILES string of the molecule is CCc1ccccc1OC(C)=Nc1c(CCc2ccccc2)c(=O)n(CCCO)c(=O)n1C. The Bertz CT molecular complexity index is 1230. The molecular weight excluding hydrogens is 418 g/mol. The first kappa shape index (κ1) is 24.2. The minimum Gasteiger partial charge on any atom is -0.443 e. The molecule has 3 rings (SSSR count). The molecule has 3 aromatic rings. The fraction of sp³-hybridized carbons (Fsp3) is 0.346. The molecule has 0 radical (unpaired) electrons. The Labute approximate surface area is 193 Å².